The number of carbonyl (C=O) groups is 2. The fourth-order valence-electron chi connectivity index (χ4n) is 4.87. The Balaban J connectivity index is 1.51. The van der Waals surface area contributed by atoms with Crippen LogP contribution in [-0.2, 0) is 21.4 Å². The molecule has 4 rings (SSSR count). The van der Waals surface area contributed by atoms with E-state index in [0.29, 0.717) is 44.5 Å². The Morgan fingerprint density at radius 3 is 2.08 bits per heavy atom. The summed E-state index contributed by atoms with van der Waals surface area (Å²) in [5.74, 6) is -0.255. The number of rotatable bonds is 10. The third-order valence-corrected chi connectivity index (χ3v) is 9.35. The topological polar surface area (TPSA) is 78.0 Å². The highest BCUT2D eigenvalue weighted by molar-refractivity contribution is 9.10. The fourth-order valence-corrected chi connectivity index (χ4v) is 6.64. The Labute approximate surface area is 239 Å². The van der Waals surface area contributed by atoms with Crippen LogP contribution >= 0.6 is 15.9 Å². The summed E-state index contributed by atoms with van der Waals surface area (Å²) in [6, 6.07) is 25.2. The highest BCUT2D eigenvalue weighted by atomic mass is 79.9. The molecule has 39 heavy (non-hydrogen) atoms. The van der Waals surface area contributed by atoms with Gasteiger partial charge in [-0.25, -0.2) is 8.42 Å². The van der Waals surface area contributed by atoms with Gasteiger partial charge in [-0.15, -0.1) is 0 Å². The molecule has 0 bridgehead atoms. The van der Waals surface area contributed by atoms with Gasteiger partial charge in [0.25, 0.3) is 5.91 Å². The van der Waals surface area contributed by atoms with Crippen molar-refractivity contribution in [3.8, 4) is 0 Å². The minimum absolute atomic E-state index is 0.0232. The molecule has 3 aromatic rings. The molecule has 3 aromatic carbocycles. The molecule has 0 aliphatic carbocycles. The van der Waals surface area contributed by atoms with Crippen LogP contribution in [0, 0.1) is 0 Å². The molecule has 2 amide bonds. The van der Waals surface area contributed by atoms with E-state index >= 15 is 0 Å². The molecule has 0 N–H and O–H groups in total. The van der Waals surface area contributed by atoms with E-state index in [1.54, 1.807) is 47.4 Å². The summed E-state index contributed by atoms with van der Waals surface area (Å²) in [4.78, 5) is 30.7. The average Bonchev–Trinajstić information content (AvgIpc) is 2.97. The fraction of sp³-hybridized carbons (Fsp3) is 0.333. The number of piperidine rings is 1. The van der Waals surface area contributed by atoms with Crippen molar-refractivity contribution in [1.82, 2.24) is 14.1 Å². The Morgan fingerprint density at radius 2 is 1.49 bits per heavy atom. The standard InChI is InChI=1S/C30H34BrN3O4S/c1-2-19-33(39(37,38)28-11-7-4-8-12-28)23-29(35)34(22-24-9-5-3-6-10-24)27-17-20-32(21-18-27)30(36)25-13-15-26(31)16-14-25/h3-16,27H,2,17-23H2,1H3. The molecular formula is C30H34BrN3O4S. The lowest BCUT2D eigenvalue weighted by molar-refractivity contribution is -0.135. The Hall–Kier alpha value is -3.01. The zero-order valence-electron chi connectivity index (χ0n) is 22.1. The van der Waals surface area contributed by atoms with Crippen LogP contribution < -0.4 is 0 Å². The molecule has 1 fully saturated rings. The van der Waals surface area contributed by atoms with Crippen molar-refractivity contribution < 1.29 is 18.0 Å². The van der Waals surface area contributed by atoms with E-state index in [1.807, 2.05) is 54.3 Å². The number of likely N-dealkylation sites (tertiary alicyclic amines) is 1. The predicted octanol–water partition coefficient (Wildman–Crippen LogP) is 5.18. The van der Waals surface area contributed by atoms with Crippen molar-refractivity contribution in [3.63, 3.8) is 0 Å². The maximum absolute atomic E-state index is 13.8. The molecule has 206 valence electrons. The zero-order valence-corrected chi connectivity index (χ0v) is 24.5. The van der Waals surface area contributed by atoms with Gasteiger partial charge in [0.1, 0.15) is 0 Å². The monoisotopic (exact) mass is 611 g/mol. The van der Waals surface area contributed by atoms with Gasteiger partial charge in [-0.2, -0.15) is 4.31 Å². The quantitative estimate of drug-likeness (QED) is 0.316. The molecule has 0 radical (unpaired) electrons. The second-order valence-corrected chi connectivity index (χ2v) is 12.5. The second kappa shape index (κ2) is 13.4. The molecule has 1 aliphatic rings. The summed E-state index contributed by atoms with van der Waals surface area (Å²) in [6.45, 7) is 3.37. The highest BCUT2D eigenvalue weighted by Gasteiger charge is 2.33. The first-order chi connectivity index (χ1) is 18.8. The molecular weight excluding hydrogens is 578 g/mol. The van der Waals surface area contributed by atoms with Crippen molar-refractivity contribution in [2.75, 3.05) is 26.2 Å². The molecule has 7 nitrogen and oxygen atoms in total. The minimum Gasteiger partial charge on any atom is -0.338 e. The molecule has 1 aliphatic heterocycles. The van der Waals surface area contributed by atoms with Crippen molar-refractivity contribution >= 4 is 37.8 Å². The third-order valence-electron chi connectivity index (χ3n) is 6.97. The van der Waals surface area contributed by atoms with Gasteiger partial charge in [0.05, 0.1) is 11.4 Å². The molecule has 0 aromatic heterocycles. The number of nitrogens with zero attached hydrogens (tertiary/aromatic N) is 3. The summed E-state index contributed by atoms with van der Waals surface area (Å²) < 4.78 is 29.0. The second-order valence-electron chi connectivity index (χ2n) is 9.69. The maximum atomic E-state index is 13.8. The lowest BCUT2D eigenvalue weighted by Crippen LogP contribution is -2.51. The van der Waals surface area contributed by atoms with E-state index in [9.17, 15) is 18.0 Å². The van der Waals surface area contributed by atoms with E-state index in [2.05, 4.69) is 15.9 Å². The molecule has 0 spiro atoms. The number of benzene rings is 3. The van der Waals surface area contributed by atoms with Crippen LogP contribution in [0.4, 0.5) is 0 Å². The Morgan fingerprint density at radius 1 is 0.897 bits per heavy atom. The number of hydrogen-bond donors (Lipinski definition) is 0. The van der Waals surface area contributed by atoms with Crippen LogP contribution in [0.25, 0.3) is 0 Å². The summed E-state index contributed by atoms with van der Waals surface area (Å²) in [5.41, 5.74) is 1.61. The van der Waals surface area contributed by atoms with Crippen LogP contribution in [0.15, 0.2) is 94.3 Å². The smallest absolute Gasteiger partial charge is 0.253 e. The SMILES string of the molecule is CCCN(CC(=O)N(Cc1ccccc1)C1CCN(C(=O)c2ccc(Br)cc2)CC1)S(=O)(=O)c1ccccc1. The van der Waals surface area contributed by atoms with E-state index in [0.717, 1.165) is 10.0 Å². The van der Waals surface area contributed by atoms with E-state index < -0.39 is 10.0 Å². The normalized spacial score (nSPS) is 14.4. The number of carbonyl (C=O) groups excluding carboxylic acids is 2. The van der Waals surface area contributed by atoms with Gasteiger partial charge in [0.15, 0.2) is 0 Å². The Bertz CT molecular complexity index is 1340. The highest BCUT2D eigenvalue weighted by Crippen LogP contribution is 2.23. The molecule has 0 atom stereocenters. The first-order valence-corrected chi connectivity index (χ1v) is 15.5. The minimum atomic E-state index is -3.82. The van der Waals surface area contributed by atoms with Crippen LogP contribution in [0.2, 0.25) is 0 Å². The maximum Gasteiger partial charge on any atom is 0.253 e. The third kappa shape index (κ3) is 7.35. The van der Waals surface area contributed by atoms with Gasteiger partial charge in [-0.3, -0.25) is 9.59 Å². The number of hydrogen-bond acceptors (Lipinski definition) is 4. The van der Waals surface area contributed by atoms with Crippen LogP contribution in [0.1, 0.15) is 42.1 Å². The molecule has 1 heterocycles. The first-order valence-electron chi connectivity index (χ1n) is 13.2. The van der Waals surface area contributed by atoms with E-state index in [-0.39, 0.29) is 35.8 Å². The lowest BCUT2D eigenvalue weighted by atomic mass is 10.0. The number of amides is 2. The van der Waals surface area contributed by atoms with Crippen molar-refractivity contribution in [2.24, 2.45) is 0 Å². The first kappa shape index (κ1) is 29.0. The number of halogens is 1. The molecule has 0 saturated carbocycles. The van der Waals surface area contributed by atoms with Crippen molar-refractivity contribution in [3.05, 3.63) is 101 Å². The lowest BCUT2D eigenvalue weighted by Gasteiger charge is -2.39. The predicted molar refractivity (Wildman–Crippen MR) is 156 cm³/mol. The van der Waals surface area contributed by atoms with Crippen molar-refractivity contribution in [1.29, 1.82) is 0 Å². The van der Waals surface area contributed by atoms with Gasteiger partial charge in [0, 0.05) is 42.3 Å². The zero-order chi connectivity index (χ0) is 27.8. The van der Waals surface area contributed by atoms with Gasteiger partial charge in [0.2, 0.25) is 15.9 Å². The van der Waals surface area contributed by atoms with E-state index in [4.69, 9.17) is 0 Å². The van der Waals surface area contributed by atoms with Gasteiger partial charge < -0.3 is 9.80 Å². The summed E-state index contributed by atoms with van der Waals surface area (Å²) in [6.07, 6.45) is 1.84. The van der Waals surface area contributed by atoms with E-state index in [1.165, 1.54) is 4.31 Å². The Kier molecular flexibility index (Phi) is 9.94. The largest absolute Gasteiger partial charge is 0.338 e. The van der Waals surface area contributed by atoms with Crippen LogP contribution in [0.3, 0.4) is 0 Å². The van der Waals surface area contributed by atoms with Crippen molar-refractivity contribution in [2.45, 2.75) is 43.7 Å². The molecule has 0 unspecified atom stereocenters. The van der Waals surface area contributed by atoms with Gasteiger partial charge in [-0.05, 0) is 61.2 Å². The van der Waals surface area contributed by atoms with Gasteiger partial charge in [-0.1, -0.05) is 71.4 Å². The number of sulfonamides is 1. The summed E-state index contributed by atoms with van der Waals surface area (Å²) in [7, 11) is -3.82. The van der Waals surface area contributed by atoms with Crippen LogP contribution in [-0.4, -0.2) is 66.6 Å². The molecule has 1 saturated heterocycles. The van der Waals surface area contributed by atoms with Crippen LogP contribution in [0.5, 0.6) is 0 Å². The molecule has 9 heteroatoms. The summed E-state index contributed by atoms with van der Waals surface area (Å²) in [5, 5.41) is 0. The van der Waals surface area contributed by atoms with Gasteiger partial charge >= 0.3 is 0 Å². The summed E-state index contributed by atoms with van der Waals surface area (Å²) >= 11 is 3.40. The average molecular weight is 613 g/mol.